The van der Waals surface area contributed by atoms with E-state index in [-0.39, 0.29) is 12.2 Å². The average molecular weight is 141 g/mol. The monoisotopic (exact) mass is 141 g/mol. The Morgan fingerprint density at radius 1 is 1.50 bits per heavy atom. The van der Waals surface area contributed by atoms with Crippen LogP contribution >= 0.6 is 0 Å². The third-order valence-corrected chi connectivity index (χ3v) is 1.07. The largest absolute Gasteiger partial charge is 0.519 e. The summed E-state index contributed by atoms with van der Waals surface area (Å²) in [4.78, 5) is 20.1. The summed E-state index contributed by atoms with van der Waals surface area (Å²) >= 11 is 0. The van der Waals surface area contributed by atoms with Crippen LogP contribution in [0.1, 0.15) is 11.5 Å². The number of hydrogen-bond donors (Lipinski definition) is 0. The van der Waals surface area contributed by atoms with Crippen molar-refractivity contribution in [3.05, 3.63) is 22.1 Å². The number of aryl methyl sites for hydroxylation is 1. The topological polar surface area (TPSA) is 60.4 Å². The first-order valence-corrected chi connectivity index (χ1v) is 2.68. The Hall–Kier alpha value is -1.32. The van der Waals surface area contributed by atoms with Crippen molar-refractivity contribution in [2.45, 2.75) is 13.3 Å². The van der Waals surface area contributed by atoms with E-state index in [0.717, 1.165) is 0 Å². The van der Waals surface area contributed by atoms with Crippen LogP contribution in [-0.2, 0) is 11.2 Å². The van der Waals surface area contributed by atoms with Crippen molar-refractivity contribution in [2.75, 3.05) is 0 Å². The summed E-state index contributed by atoms with van der Waals surface area (Å²) in [6, 6.07) is 0. The Labute approximate surface area is 56.4 Å². The van der Waals surface area contributed by atoms with Gasteiger partial charge in [-0.05, 0) is 6.92 Å². The predicted octanol–water partition coefficient (Wildman–Crippen LogP) is 0.193. The van der Waals surface area contributed by atoms with Gasteiger partial charge in [0.2, 0.25) is 6.29 Å². The van der Waals surface area contributed by atoms with Gasteiger partial charge >= 0.3 is 5.82 Å². The molecule has 0 saturated heterocycles. The maximum atomic E-state index is 10.3. The van der Waals surface area contributed by atoms with Gasteiger partial charge in [-0.1, -0.05) is 0 Å². The highest BCUT2D eigenvalue weighted by atomic mass is 16.6. The summed E-state index contributed by atoms with van der Waals surface area (Å²) in [6.45, 7) is 1.55. The van der Waals surface area contributed by atoms with Gasteiger partial charge in [-0.15, -0.1) is 0 Å². The summed E-state index contributed by atoms with van der Waals surface area (Å²) in [6.07, 6.45) is 1.57. The van der Waals surface area contributed by atoms with E-state index in [1.54, 1.807) is 13.2 Å². The lowest BCUT2D eigenvalue weighted by atomic mass is 10.3. The Morgan fingerprint density at radius 2 is 2.20 bits per heavy atom. The van der Waals surface area contributed by atoms with E-state index < -0.39 is 5.82 Å². The van der Waals surface area contributed by atoms with Gasteiger partial charge in [0.1, 0.15) is 5.76 Å². The Kier molecular flexibility index (Phi) is 1.71. The van der Waals surface area contributed by atoms with Crippen LogP contribution in [0, 0.1) is 6.92 Å². The molecule has 4 nitrogen and oxygen atoms in total. The lowest BCUT2D eigenvalue weighted by molar-refractivity contribution is 0.371. The summed E-state index contributed by atoms with van der Waals surface area (Å²) in [5.41, 5.74) is 0. The minimum Gasteiger partial charge on any atom is -0.396 e. The third-order valence-electron chi connectivity index (χ3n) is 1.07. The molecule has 0 unspecified atom stereocenters. The van der Waals surface area contributed by atoms with Gasteiger partial charge in [0.15, 0.2) is 5.76 Å². The van der Waals surface area contributed by atoms with Gasteiger partial charge in [0.25, 0.3) is 0 Å². The van der Waals surface area contributed by atoms with Gasteiger partial charge in [0, 0.05) is 0 Å². The van der Waals surface area contributed by atoms with E-state index in [1.165, 1.54) is 0 Å². The van der Waals surface area contributed by atoms with Crippen LogP contribution in [0.2, 0.25) is 0 Å². The van der Waals surface area contributed by atoms with Gasteiger partial charge in [-0.3, -0.25) is 4.79 Å². The number of rotatable bonds is 2. The smallest absolute Gasteiger partial charge is 0.396 e. The fourth-order valence-corrected chi connectivity index (χ4v) is 0.601. The van der Waals surface area contributed by atoms with Crippen LogP contribution in [-0.4, -0.2) is 6.29 Å². The molecule has 0 aliphatic heterocycles. The minimum absolute atomic E-state index is 0.0302. The Morgan fingerprint density at radius 3 is 2.60 bits per heavy atom. The number of hydrogen-bond acceptors (Lipinski definition) is 4. The molecule has 1 aromatic rings. The van der Waals surface area contributed by atoms with Crippen LogP contribution in [0.25, 0.3) is 0 Å². The van der Waals surface area contributed by atoms with Gasteiger partial charge < -0.3 is 8.83 Å². The highest BCUT2D eigenvalue weighted by Gasteiger charge is 2.06. The lowest BCUT2D eigenvalue weighted by Gasteiger charge is -1.81. The van der Waals surface area contributed by atoms with Crippen LogP contribution in [0.4, 0.5) is 0 Å². The number of carbonyl (C=O) groups excluding carboxylic acids is 1. The van der Waals surface area contributed by atoms with Crippen molar-refractivity contribution in [1.29, 1.82) is 0 Å². The van der Waals surface area contributed by atoms with Gasteiger partial charge in [0.05, 0.1) is 6.42 Å². The molecule has 1 aromatic heterocycles. The fourth-order valence-electron chi connectivity index (χ4n) is 0.601. The molecule has 0 N–H and O–H groups in total. The molecule has 0 aliphatic rings. The first kappa shape index (κ1) is 6.80. The molecular formula is C6H5O4. The molecule has 1 heterocycles. The molecule has 0 atom stereocenters. The van der Waals surface area contributed by atoms with Gasteiger partial charge in [-0.2, -0.15) is 0 Å². The molecule has 0 fully saturated rings. The molecule has 0 aliphatic carbocycles. The van der Waals surface area contributed by atoms with Crippen molar-refractivity contribution in [3.63, 3.8) is 0 Å². The average Bonchev–Trinajstić information content (AvgIpc) is 2.13. The quantitative estimate of drug-likeness (QED) is 0.590. The maximum Gasteiger partial charge on any atom is 0.519 e. The van der Waals surface area contributed by atoms with Crippen molar-refractivity contribution in [3.8, 4) is 0 Å². The van der Waals surface area contributed by atoms with E-state index in [1.807, 2.05) is 0 Å². The van der Waals surface area contributed by atoms with Crippen LogP contribution < -0.4 is 5.82 Å². The molecule has 4 heteroatoms. The molecule has 0 saturated carbocycles. The SMILES string of the molecule is Cc1oc(=O)oc1C[C]=O. The van der Waals surface area contributed by atoms with Crippen molar-refractivity contribution in [2.24, 2.45) is 0 Å². The van der Waals surface area contributed by atoms with Gasteiger partial charge in [-0.25, -0.2) is 4.79 Å². The van der Waals surface area contributed by atoms with E-state index in [9.17, 15) is 9.59 Å². The molecule has 0 bridgehead atoms. The summed E-state index contributed by atoms with van der Waals surface area (Å²) in [7, 11) is 0. The normalized spacial score (nSPS) is 9.70. The Bertz CT molecular complexity index is 280. The molecule has 1 radical (unpaired) electrons. The van der Waals surface area contributed by atoms with E-state index in [4.69, 9.17) is 0 Å². The second-order valence-electron chi connectivity index (χ2n) is 1.75. The first-order chi connectivity index (χ1) is 4.74. The zero-order valence-corrected chi connectivity index (χ0v) is 5.34. The Balaban J connectivity index is 3.02. The van der Waals surface area contributed by atoms with E-state index in [0.29, 0.717) is 5.76 Å². The molecular weight excluding hydrogens is 136 g/mol. The summed E-state index contributed by atoms with van der Waals surface area (Å²) < 4.78 is 8.94. The lowest BCUT2D eigenvalue weighted by Crippen LogP contribution is -1.87. The second-order valence-corrected chi connectivity index (χ2v) is 1.75. The van der Waals surface area contributed by atoms with Crippen LogP contribution in [0.15, 0.2) is 13.6 Å². The molecule has 53 valence electrons. The first-order valence-electron chi connectivity index (χ1n) is 2.68. The summed E-state index contributed by atoms with van der Waals surface area (Å²) in [5, 5.41) is 0. The van der Waals surface area contributed by atoms with Crippen molar-refractivity contribution >= 4 is 6.29 Å². The molecule has 0 amide bonds. The minimum atomic E-state index is -0.775. The van der Waals surface area contributed by atoms with Crippen LogP contribution in [0.5, 0.6) is 0 Å². The highest BCUT2D eigenvalue weighted by molar-refractivity contribution is 5.54. The van der Waals surface area contributed by atoms with E-state index >= 15 is 0 Å². The zero-order valence-electron chi connectivity index (χ0n) is 5.34. The summed E-state index contributed by atoms with van der Waals surface area (Å²) in [5.74, 6) is -0.184. The molecule has 1 rings (SSSR count). The van der Waals surface area contributed by atoms with Crippen molar-refractivity contribution < 1.29 is 13.6 Å². The molecule has 0 spiro atoms. The molecule has 0 aromatic carbocycles. The fraction of sp³-hybridized carbons (Fsp3) is 0.333. The maximum absolute atomic E-state index is 10.3. The predicted molar refractivity (Wildman–Crippen MR) is 31.4 cm³/mol. The molecule has 10 heavy (non-hydrogen) atoms. The standard InChI is InChI=1S/C6H5O4/c1-4-5(2-3-7)10-6(8)9-4/h2H2,1H3. The second kappa shape index (κ2) is 2.51. The highest BCUT2D eigenvalue weighted by Crippen LogP contribution is 2.03. The van der Waals surface area contributed by atoms with Crippen molar-refractivity contribution in [1.82, 2.24) is 0 Å². The van der Waals surface area contributed by atoms with Crippen LogP contribution in [0.3, 0.4) is 0 Å². The van der Waals surface area contributed by atoms with E-state index in [2.05, 4.69) is 8.83 Å². The third kappa shape index (κ3) is 1.15. The zero-order chi connectivity index (χ0) is 7.56.